The number of hydrogen-bond donors (Lipinski definition) is 0. The average molecular weight is 403 g/mol. The van der Waals surface area contributed by atoms with Gasteiger partial charge in [-0.1, -0.05) is 15.9 Å². The first kappa shape index (κ1) is 14.9. The lowest BCUT2D eigenvalue weighted by molar-refractivity contribution is -0.384. The molecule has 0 bridgehead atoms. The van der Waals surface area contributed by atoms with Gasteiger partial charge >= 0.3 is 0 Å². The summed E-state index contributed by atoms with van der Waals surface area (Å²) in [5.74, 6) is 0.573. The van der Waals surface area contributed by atoms with Gasteiger partial charge in [-0.25, -0.2) is 4.98 Å². The van der Waals surface area contributed by atoms with Gasteiger partial charge in [-0.15, -0.1) is 0 Å². The van der Waals surface area contributed by atoms with Crippen LogP contribution in [0.2, 0.25) is 0 Å². The van der Waals surface area contributed by atoms with Crippen molar-refractivity contribution in [1.29, 1.82) is 0 Å². The minimum absolute atomic E-state index is 0.00272. The van der Waals surface area contributed by atoms with Crippen molar-refractivity contribution in [3.8, 4) is 0 Å². The average Bonchev–Trinajstić information content (AvgIpc) is 2.40. The molecule has 2 rings (SSSR count). The molecule has 0 amide bonds. The van der Waals surface area contributed by atoms with Crippen LogP contribution in [0.15, 0.2) is 38.1 Å². The van der Waals surface area contributed by atoms with Crippen LogP contribution in [-0.2, 0) is 6.54 Å². The van der Waals surface area contributed by atoms with Gasteiger partial charge in [-0.3, -0.25) is 19.5 Å². The van der Waals surface area contributed by atoms with E-state index in [1.54, 1.807) is 13.0 Å². The quantitative estimate of drug-likeness (QED) is 0.583. The zero-order valence-corrected chi connectivity index (χ0v) is 13.5. The van der Waals surface area contributed by atoms with Crippen LogP contribution in [0.25, 0.3) is 0 Å². The summed E-state index contributed by atoms with van der Waals surface area (Å²) in [7, 11) is 0. The van der Waals surface area contributed by atoms with Gasteiger partial charge in [0, 0.05) is 22.8 Å². The van der Waals surface area contributed by atoms with E-state index in [9.17, 15) is 14.9 Å². The predicted octanol–water partition coefficient (Wildman–Crippen LogP) is 3.03. The second-order valence-electron chi connectivity index (χ2n) is 4.08. The Hall–Kier alpha value is -1.54. The molecular weight excluding hydrogens is 394 g/mol. The van der Waals surface area contributed by atoms with Gasteiger partial charge in [-0.05, 0) is 34.5 Å². The van der Waals surface area contributed by atoms with E-state index in [0.29, 0.717) is 14.8 Å². The Bertz CT molecular complexity index is 743. The molecule has 6 nitrogen and oxygen atoms in total. The molecule has 0 saturated carbocycles. The first-order valence-electron chi connectivity index (χ1n) is 5.55. The third-order valence-electron chi connectivity index (χ3n) is 2.78. The fourth-order valence-electron chi connectivity index (χ4n) is 1.69. The fraction of sp³-hybridized carbons (Fsp3) is 0.167. The Morgan fingerprint density at radius 3 is 2.65 bits per heavy atom. The molecule has 1 heterocycles. The Kier molecular flexibility index (Phi) is 4.34. The van der Waals surface area contributed by atoms with Crippen molar-refractivity contribution in [2.45, 2.75) is 13.5 Å². The zero-order chi connectivity index (χ0) is 14.9. The van der Waals surface area contributed by atoms with E-state index in [0.717, 1.165) is 5.56 Å². The molecule has 0 aliphatic heterocycles. The maximum atomic E-state index is 12.0. The second-order valence-corrected chi connectivity index (χ2v) is 5.79. The van der Waals surface area contributed by atoms with Crippen molar-refractivity contribution in [3.63, 3.8) is 0 Å². The van der Waals surface area contributed by atoms with Crippen LogP contribution in [0.3, 0.4) is 0 Å². The van der Waals surface area contributed by atoms with Crippen molar-refractivity contribution in [1.82, 2.24) is 9.55 Å². The smallest absolute Gasteiger partial charge is 0.270 e. The normalized spacial score (nSPS) is 10.6. The van der Waals surface area contributed by atoms with E-state index < -0.39 is 4.92 Å². The molecule has 0 fully saturated rings. The number of hydrogen-bond acceptors (Lipinski definition) is 4. The molecule has 0 spiro atoms. The van der Waals surface area contributed by atoms with Crippen molar-refractivity contribution >= 4 is 37.5 Å². The van der Waals surface area contributed by atoms with Crippen LogP contribution in [0, 0.1) is 17.0 Å². The summed E-state index contributed by atoms with van der Waals surface area (Å²) in [6, 6.07) is 4.45. The summed E-state index contributed by atoms with van der Waals surface area (Å²) in [4.78, 5) is 26.4. The van der Waals surface area contributed by atoms with Crippen molar-refractivity contribution in [2.24, 2.45) is 0 Å². The maximum absolute atomic E-state index is 12.0. The number of aryl methyl sites for hydroxylation is 1. The van der Waals surface area contributed by atoms with Gasteiger partial charge < -0.3 is 0 Å². The molecule has 0 aliphatic rings. The second kappa shape index (κ2) is 5.84. The molecule has 8 heteroatoms. The minimum atomic E-state index is -0.466. The zero-order valence-electron chi connectivity index (χ0n) is 10.3. The first-order chi connectivity index (χ1) is 9.40. The summed E-state index contributed by atoms with van der Waals surface area (Å²) >= 11 is 6.43. The van der Waals surface area contributed by atoms with Crippen LogP contribution < -0.4 is 5.56 Å². The molecule has 0 radical (unpaired) electrons. The molecule has 1 aromatic heterocycles. The summed E-state index contributed by atoms with van der Waals surface area (Å²) in [5.41, 5.74) is 0.570. The molecule has 2 aromatic rings. The van der Waals surface area contributed by atoms with Gasteiger partial charge in [0.2, 0.25) is 0 Å². The highest BCUT2D eigenvalue weighted by Gasteiger charge is 2.12. The highest BCUT2D eigenvalue weighted by molar-refractivity contribution is 9.10. The highest BCUT2D eigenvalue weighted by Crippen LogP contribution is 2.23. The summed E-state index contributed by atoms with van der Waals surface area (Å²) in [6.07, 6.45) is 1.46. The molecule has 0 unspecified atom stereocenters. The highest BCUT2D eigenvalue weighted by atomic mass is 79.9. The first-order valence-corrected chi connectivity index (χ1v) is 7.13. The molecule has 20 heavy (non-hydrogen) atoms. The molecule has 0 saturated heterocycles. The van der Waals surface area contributed by atoms with E-state index in [-0.39, 0.29) is 17.8 Å². The van der Waals surface area contributed by atoms with Crippen LogP contribution in [-0.4, -0.2) is 14.5 Å². The third-order valence-corrected chi connectivity index (χ3v) is 4.06. The Morgan fingerprint density at radius 2 is 2.05 bits per heavy atom. The Balaban J connectivity index is 2.43. The van der Waals surface area contributed by atoms with Crippen LogP contribution >= 0.6 is 31.9 Å². The largest absolute Gasteiger partial charge is 0.291 e. The third kappa shape index (κ3) is 2.96. The monoisotopic (exact) mass is 401 g/mol. The van der Waals surface area contributed by atoms with Crippen LogP contribution in [0.4, 0.5) is 5.69 Å². The topological polar surface area (TPSA) is 78.0 Å². The lowest BCUT2D eigenvalue weighted by Crippen LogP contribution is -2.24. The molecular formula is C12H9Br2N3O3. The standard InChI is InChI=1S/C12H9Br2N3O3/c1-7-15-5-11(14)12(18)16(7)6-8-2-3-9(17(19)20)4-10(8)13/h2-5H,6H2,1H3. The van der Waals surface area contributed by atoms with Crippen LogP contribution in [0.1, 0.15) is 11.4 Å². The number of halogens is 2. The summed E-state index contributed by atoms with van der Waals surface area (Å²) in [5, 5.41) is 10.7. The van der Waals surface area contributed by atoms with E-state index in [2.05, 4.69) is 36.8 Å². The van der Waals surface area contributed by atoms with Crippen molar-refractivity contribution in [3.05, 3.63) is 65.2 Å². The van der Waals surface area contributed by atoms with Gasteiger partial charge in [-0.2, -0.15) is 0 Å². The van der Waals surface area contributed by atoms with Crippen molar-refractivity contribution < 1.29 is 4.92 Å². The molecule has 104 valence electrons. The molecule has 0 atom stereocenters. The van der Waals surface area contributed by atoms with E-state index in [4.69, 9.17) is 0 Å². The molecule has 0 N–H and O–H groups in total. The van der Waals surface area contributed by atoms with Gasteiger partial charge in [0.25, 0.3) is 11.2 Å². The molecule has 0 aliphatic carbocycles. The number of nitro groups is 1. The Morgan fingerprint density at radius 1 is 1.35 bits per heavy atom. The number of rotatable bonds is 3. The summed E-state index contributed by atoms with van der Waals surface area (Å²) in [6.45, 7) is 2.02. The van der Waals surface area contributed by atoms with E-state index >= 15 is 0 Å². The molecule has 1 aromatic carbocycles. The number of aromatic nitrogens is 2. The van der Waals surface area contributed by atoms with E-state index in [1.165, 1.54) is 22.9 Å². The number of nitrogens with zero attached hydrogens (tertiary/aromatic N) is 3. The number of benzene rings is 1. The predicted molar refractivity (Wildman–Crippen MR) is 80.8 cm³/mol. The fourth-order valence-corrected chi connectivity index (χ4v) is 2.49. The van der Waals surface area contributed by atoms with Crippen LogP contribution in [0.5, 0.6) is 0 Å². The van der Waals surface area contributed by atoms with Crippen molar-refractivity contribution in [2.75, 3.05) is 0 Å². The van der Waals surface area contributed by atoms with E-state index in [1.807, 2.05) is 0 Å². The van der Waals surface area contributed by atoms with Gasteiger partial charge in [0.05, 0.1) is 11.5 Å². The lowest BCUT2D eigenvalue weighted by atomic mass is 10.2. The lowest BCUT2D eigenvalue weighted by Gasteiger charge is -2.10. The minimum Gasteiger partial charge on any atom is -0.291 e. The maximum Gasteiger partial charge on any atom is 0.270 e. The SMILES string of the molecule is Cc1ncc(Br)c(=O)n1Cc1ccc([N+](=O)[O-])cc1Br. The number of non-ortho nitro benzene ring substituents is 1. The Labute approximate surface area is 130 Å². The number of nitro benzene ring substituents is 1. The van der Waals surface area contributed by atoms with Gasteiger partial charge in [0.1, 0.15) is 10.3 Å². The van der Waals surface area contributed by atoms with Gasteiger partial charge in [0.15, 0.2) is 0 Å². The summed E-state index contributed by atoms with van der Waals surface area (Å²) < 4.78 is 2.45.